The zero-order chi connectivity index (χ0) is 9.64. The van der Waals surface area contributed by atoms with E-state index in [0.29, 0.717) is 0 Å². The second-order valence-corrected chi connectivity index (χ2v) is 2.72. The van der Waals surface area contributed by atoms with Gasteiger partial charge in [-0.25, -0.2) is 9.97 Å². The van der Waals surface area contributed by atoms with E-state index in [1.165, 1.54) is 6.33 Å². The summed E-state index contributed by atoms with van der Waals surface area (Å²) in [6.07, 6.45) is 6.58. The van der Waals surface area contributed by atoms with E-state index in [4.69, 9.17) is 0 Å². The summed E-state index contributed by atoms with van der Waals surface area (Å²) in [5.41, 5.74) is 0. The van der Waals surface area contributed by atoms with Gasteiger partial charge in [0.05, 0.1) is 0 Å². The average molecular weight is 190 g/mol. The molecular weight excluding hydrogens is 180 g/mol. The van der Waals surface area contributed by atoms with Crippen molar-refractivity contribution in [3.63, 3.8) is 0 Å². The fourth-order valence-electron chi connectivity index (χ4n) is 1.05. The van der Waals surface area contributed by atoms with Gasteiger partial charge in [0.25, 0.3) is 0 Å². The molecule has 0 atom stereocenters. The predicted octanol–water partition coefficient (Wildman–Crippen LogP) is 0.180. The molecule has 0 aliphatic heterocycles. The van der Waals surface area contributed by atoms with Crippen LogP contribution >= 0.6 is 0 Å². The van der Waals surface area contributed by atoms with Crippen molar-refractivity contribution in [3.8, 4) is 0 Å². The van der Waals surface area contributed by atoms with Crippen molar-refractivity contribution in [2.45, 2.75) is 6.54 Å². The van der Waals surface area contributed by atoms with Gasteiger partial charge >= 0.3 is 0 Å². The van der Waals surface area contributed by atoms with Crippen molar-refractivity contribution in [1.29, 1.82) is 0 Å². The highest BCUT2D eigenvalue weighted by molar-refractivity contribution is 5.30. The number of rotatable bonds is 4. The molecule has 6 nitrogen and oxygen atoms in total. The second-order valence-electron chi connectivity index (χ2n) is 2.72. The first kappa shape index (κ1) is 8.61. The SMILES string of the molecule is c1cc(NCCn2cnnc2)ncn1. The quantitative estimate of drug-likeness (QED) is 0.744. The molecule has 2 rings (SSSR count). The van der Waals surface area contributed by atoms with Crippen LogP contribution in [0.1, 0.15) is 0 Å². The molecule has 0 unspecified atom stereocenters. The summed E-state index contributed by atoms with van der Waals surface area (Å²) >= 11 is 0. The molecule has 0 aliphatic rings. The van der Waals surface area contributed by atoms with Gasteiger partial charge in [-0.2, -0.15) is 0 Å². The van der Waals surface area contributed by atoms with E-state index in [-0.39, 0.29) is 0 Å². The van der Waals surface area contributed by atoms with E-state index in [1.807, 2.05) is 10.6 Å². The maximum Gasteiger partial charge on any atom is 0.129 e. The van der Waals surface area contributed by atoms with E-state index in [9.17, 15) is 0 Å². The van der Waals surface area contributed by atoms with Gasteiger partial charge in [0.1, 0.15) is 24.8 Å². The molecular formula is C8H10N6. The van der Waals surface area contributed by atoms with Crippen molar-refractivity contribution in [1.82, 2.24) is 24.7 Å². The van der Waals surface area contributed by atoms with Gasteiger partial charge in [-0.05, 0) is 6.07 Å². The largest absolute Gasteiger partial charge is 0.368 e. The summed E-state index contributed by atoms with van der Waals surface area (Å²) in [7, 11) is 0. The Morgan fingerprint density at radius 2 is 2.14 bits per heavy atom. The zero-order valence-corrected chi connectivity index (χ0v) is 7.54. The first-order chi connectivity index (χ1) is 6.95. The lowest BCUT2D eigenvalue weighted by Crippen LogP contribution is -2.10. The zero-order valence-electron chi connectivity index (χ0n) is 7.54. The molecule has 2 aromatic rings. The van der Waals surface area contributed by atoms with E-state index in [1.54, 1.807) is 18.9 Å². The Kier molecular flexibility index (Phi) is 2.65. The third-order valence-corrected chi connectivity index (χ3v) is 1.72. The van der Waals surface area contributed by atoms with Crippen LogP contribution in [0, 0.1) is 0 Å². The average Bonchev–Trinajstić information content (AvgIpc) is 2.72. The van der Waals surface area contributed by atoms with Crippen molar-refractivity contribution in [2.24, 2.45) is 0 Å². The minimum atomic E-state index is 0.787. The van der Waals surface area contributed by atoms with Gasteiger partial charge in [-0.15, -0.1) is 10.2 Å². The smallest absolute Gasteiger partial charge is 0.129 e. The van der Waals surface area contributed by atoms with E-state index in [2.05, 4.69) is 25.5 Å². The molecule has 0 radical (unpaired) electrons. The third kappa shape index (κ3) is 2.25. The van der Waals surface area contributed by atoms with Crippen LogP contribution in [0.2, 0.25) is 0 Å². The number of anilines is 1. The molecule has 0 aliphatic carbocycles. The first-order valence-electron chi connectivity index (χ1n) is 4.27. The highest BCUT2D eigenvalue weighted by atomic mass is 15.2. The van der Waals surface area contributed by atoms with Gasteiger partial charge < -0.3 is 9.88 Å². The minimum absolute atomic E-state index is 0.787. The van der Waals surface area contributed by atoms with Crippen LogP contribution in [-0.4, -0.2) is 31.3 Å². The molecule has 72 valence electrons. The molecule has 2 heterocycles. The Balaban J connectivity index is 1.79. The second kappa shape index (κ2) is 4.31. The third-order valence-electron chi connectivity index (χ3n) is 1.72. The summed E-state index contributed by atoms with van der Waals surface area (Å²) in [5, 5.41) is 10.6. The first-order valence-corrected chi connectivity index (χ1v) is 4.27. The molecule has 0 saturated carbocycles. The van der Waals surface area contributed by atoms with E-state index >= 15 is 0 Å². The number of nitrogens with one attached hydrogen (secondary N) is 1. The molecule has 14 heavy (non-hydrogen) atoms. The molecule has 0 bridgehead atoms. The van der Waals surface area contributed by atoms with Gasteiger partial charge in [-0.1, -0.05) is 0 Å². The van der Waals surface area contributed by atoms with Crippen LogP contribution in [0.3, 0.4) is 0 Å². The highest BCUT2D eigenvalue weighted by Crippen LogP contribution is 1.96. The minimum Gasteiger partial charge on any atom is -0.368 e. The fourth-order valence-corrected chi connectivity index (χ4v) is 1.05. The Labute approximate surface area is 81.0 Å². The van der Waals surface area contributed by atoms with Crippen molar-refractivity contribution >= 4 is 5.82 Å². The Hall–Kier alpha value is -1.98. The lowest BCUT2D eigenvalue weighted by molar-refractivity contribution is 0.722. The van der Waals surface area contributed by atoms with Crippen molar-refractivity contribution in [3.05, 3.63) is 31.2 Å². The number of hydrogen-bond donors (Lipinski definition) is 1. The summed E-state index contributed by atoms with van der Waals surface area (Å²) in [4.78, 5) is 7.86. The topological polar surface area (TPSA) is 68.5 Å². The molecule has 0 spiro atoms. The molecule has 0 aromatic carbocycles. The summed E-state index contributed by atoms with van der Waals surface area (Å²) < 4.78 is 1.90. The number of aromatic nitrogens is 5. The van der Waals surface area contributed by atoms with Gasteiger partial charge in [0.15, 0.2) is 0 Å². The molecule has 0 fully saturated rings. The lowest BCUT2D eigenvalue weighted by atomic mass is 10.5. The number of nitrogens with zero attached hydrogens (tertiary/aromatic N) is 5. The maximum atomic E-state index is 4.03. The molecule has 0 amide bonds. The maximum absolute atomic E-state index is 4.03. The summed E-state index contributed by atoms with van der Waals surface area (Å²) in [6, 6.07) is 1.83. The monoisotopic (exact) mass is 190 g/mol. The van der Waals surface area contributed by atoms with Gasteiger partial charge in [0.2, 0.25) is 0 Å². The normalized spacial score (nSPS) is 10.0. The Bertz CT molecular complexity index is 357. The Morgan fingerprint density at radius 3 is 2.86 bits per heavy atom. The standard InChI is InChI=1S/C8H10N6/c1-2-9-5-11-8(1)10-3-4-14-6-12-13-7-14/h1-2,5-7H,3-4H2,(H,9,10,11). The van der Waals surface area contributed by atoms with Crippen LogP contribution < -0.4 is 5.32 Å². The molecule has 2 aromatic heterocycles. The van der Waals surface area contributed by atoms with E-state index < -0.39 is 0 Å². The van der Waals surface area contributed by atoms with Gasteiger partial charge in [0, 0.05) is 19.3 Å². The lowest BCUT2D eigenvalue weighted by Gasteiger charge is -2.04. The summed E-state index contributed by atoms with van der Waals surface area (Å²) in [5.74, 6) is 0.827. The molecule has 6 heteroatoms. The van der Waals surface area contributed by atoms with Crippen molar-refractivity contribution < 1.29 is 0 Å². The fraction of sp³-hybridized carbons (Fsp3) is 0.250. The van der Waals surface area contributed by atoms with Crippen LogP contribution in [0.5, 0.6) is 0 Å². The van der Waals surface area contributed by atoms with Crippen LogP contribution in [0.15, 0.2) is 31.2 Å². The van der Waals surface area contributed by atoms with Crippen LogP contribution in [0.25, 0.3) is 0 Å². The van der Waals surface area contributed by atoms with Gasteiger partial charge in [-0.3, -0.25) is 0 Å². The Morgan fingerprint density at radius 1 is 1.29 bits per heavy atom. The van der Waals surface area contributed by atoms with Crippen LogP contribution in [0.4, 0.5) is 5.82 Å². The molecule has 1 N–H and O–H groups in total. The highest BCUT2D eigenvalue weighted by Gasteiger charge is 1.92. The molecule has 0 saturated heterocycles. The van der Waals surface area contributed by atoms with Crippen molar-refractivity contribution in [2.75, 3.05) is 11.9 Å². The number of hydrogen-bond acceptors (Lipinski definition) is 5. The predicted molar refractivity (Wildman–Crippen MR) is 50.5 cm³/mol. The van der Waals surface area contributed by atoms with Crippen LogP contribution in [-0.2, 0) is 6.54 Å². The van der Waals surface area contributed by atoms with E-state index in [0.717, 1.165) is 18.9 Å². The summed E-state index contributed by atoms with van der Waals surface area (Å²) in [6.45, 7) is 1.60.